The molecule has 0 unspecified atom stereocenters. The lowest BCUT2D eigenvalue weighted by atomic mass is 10.3. The topological polar surface area (TPSA) is 41.5 Å². The SMILES string of the molecule is CCOc1cc(N2CCN(CCCl)CC2)nc(C)n1. The number of aryl methyl sites for hydroxylation is 1. The van der Waals surface area contributed by atoms with Gasteiger partial charge >= 0.3 is 0 Å². The summed E-state index contributed by atoms with van der Waals surface area (Å²) in [4.78, 5) is 13.4. The highest BCUT2D eigenvalue weighted by atomic mass is 35.5. The van der Waals surface area contributed by atoms with Gasteiger partial charge in [0, 0.05) is 44.7 Å². The lowest BCUT2D eigenvalue weighted by Gasteiger charge is -2.35. The number of aromatic nitrogens is 2. The molecule has 1 aliphatic heterocycles. The molecule has 1 aliphatic rings. The van der Waals surface area contributed by atoms with E-state index >= 15 is 0 Å². The van der Waals surface area contributed by atoms with Crippen LogP contribution in [0.25, 0.3) is 0 Å². The Balaban J connectivity index is 2.02. The Hall–Kier alpha value is -1.07. The fourth-order valence-electron chi connectivity index (χ4n) is 2.23. The molecule has 1 aromatic heterocycles. The number of hydrogen-bond acceptors (Lipinski definition) is 5. The van der Waals surface area contributed by atoms with Crippen molar-refractivity contribution >= 4 is 17.4 Å². The van der Waals surface area contributed by atoms with Crippen LogP contribution in [0.5, 0.6) is 5.88 Å². The first kappa shape index (κ1) is 14.3. The summed E-state index contributed by atoms with van der Waals surface area (Å²) in [5.41, 5.74) is 0. The van der Waals surface area contributed by atoms with Gasteiger partial charge in [-0.15, -0.1) is 11.6 Å². The van der Waals surface area contributed by atoms with Gasteiger partial charge in [0.25, 0.3) is 0 Å². The summed E-state index contributed by atoms with van der Waals surface area (Å²) in [6, 6.07) is 1.92. The minimum atomic E-state index is 0.624. The van der Waals surface area contributed by atoms with Crippen LogP contribution in [0.15, 0.2) is 6.07 Å². The van der Waals surface area contributed by atoms with E-state index in [4.69, 9.17) is 16.3 Å². The maximum atomic E-state index is 5.77. The van der Waals surface area contributed by atoms with E-state index in [1.807, 2.05) is 19.9 Å². The van der Waals surface area contributed by atoms with Crippen LogP contribution >= 0.6 is 11.6 Å². The third kappa shape index (κ3) is 3.94. The van der Waals surface area contributed by atoms with Gasteiger partial charge in [0.2, 0.25) is 5.88 Å². The average molecular weight is 285 g/mol. The molecule has 0 aliphatic carbocycles. The van der Waals surface area contributed by atoms with Gasteiger partial charge < -0.3 is 9.64 Å². The standard InChI is InChI=1S/C13H21ClN4O/c1-3-19-13-10-12(15-11(2)16-13)18-8-6-17(5-4-14)7-9-18/h10H,3-9H2,1-2H3. The number of alkyl halides is 1. The summed E-state index contributed by atoms with van der Waals surface area (Å²) in [5, 5.41) is 0. The van der Waals surface area contributed by atoms with Crippen molar-refractivity contribution in [2.45, 2.75) is 13.8 Å². The minimum Gasteiger partial charge on any atom is -0.478 e. The molecule has 2 heterocycles. The van der Waals surface area contributed by atoms with E-state index in [2.05, 4.69) is 19.8 Å². The van der Waals surface area contributed by atoms with Crippen LogP contribution in [0.2, 0.25) is 0 Å². The second-order valence-electron chi connectivity index (χ2n) is 4.56. The van der Waals surface area contributed by atoms with Gasteiger partial charge in [-0.25, -0.2) is 4.98 Å². The lowest BCUT2D eigenvalue weighted by molar-refractivity contribution is 0.271. The quantitative estimate of drug-likeness (QED) is 0.768. The van der Waals surface area contributed by atoms with Crippen LogP contribution in [0.4, 0.5) is 5.82 Å². The first-order valence-corrected chi connectivity index (χ1v) is 7.28. The normalized spacial score (nSPS) is 16.7. The van der Waals surface area contributed by atoms with Crippen LogP contribution in [0.1, 0.15) is 12.7 Å². The van der Waals surface area contributed by atoms with Crippen molar-refractivity contribution < 1.29 is 4.74 Å². The number of nitrogens with zero attached hydrogens (tertiary/aromatic N) is 4. The Bertz CT molecular complexity index is 408. The zero-order valence-electron chi connectivity index (χ0n) is 11.6. The molecular weight excluding hydrogens is 264 g/mol. The fourth-order valence-corrected chi connectivity index (χ4v) is 2.47. The first-order chi connectivity index (χ1) is 9.22. The number of halogens is 1. The summed E-state index contributed by atoms with van der Waals surface area (Å²) in [6.07, 6.45) is 0. The Morgan fingerprint density at radius 2 is 2.00 bits per heavy atom. The van der Waals surface area contributed by atoms with Crippen LogP contribution in [-0.4, -0.2) is 60.1 Å². The Morgan fingerprint density at radius 1 is 1.26 bits per heavy atom. The molecule has 1 fully saturated rings. The minimum absolute atomic E-state index is 0.624. The molecule has 1 saturated heterocycles. The van der Waals surface area contributed by atoms with E-state index in [1.165, 1.54) is 0 Å². The highest BCUT2D eigenvalue weighted by Crippen LogP contribution is 2.19. The number of piperazine rings is 1. The largest absolute Gasteiger partial charge is 0.478 e. The Morgan fingerprint density at radius 3 is 2.63 bits per heavy atom. The fraction of sp³-hybridized carbons (Fsp3) is 0.692. The van der Waals surface area contributed by atoms with Crippen LogP contribution in [0.3, 0.4) is 0 Å². The summed E-state index contributed by atoms with van der Waals surface area (Å²) < 4.78 is 5.47. The van der Waals surface area contributed by atoms with Crippen molar-refractivity contribution in [3.05, 3.63) is 11.9 Å². The number of ether oxygens (including phenoxy) is 1. The smallest absolute Gasteiger partial charge is 0.218 e. The first-order valence-electron chi connectivity index (χ1n) is 6.74. The van der Waals surface area contributed by atoms with E-state index in [0.29, 0.717) is 18.4 Å². The van der Waals surface area contributed by atoms with Crippen LogP contribution in [-0.2, 0) is 0 Å². The molecular formula is C13H21ClN4O. The zero-order chi connectivity index (χ0) is 13.7. The van der Waals surface area contributed by atoms with E-state index in [-0.39, 0.29) is 0 Å². The second-order valence-corrected chi connectivity index (χ2v) is 4.94. The molecule has 0 spiro atoms. The summed E-state index contributed by atoms with van der Waals surface area (Å²) in [6.45, 7) is 9.44. The average Bonchev–Trinajstić information content (AvgIpc) is 2.40. The zero-order valence-corrected chi connectivity index (χ0v) is 12.4. The van der Waals surface area contributed by atoms with Crippen molar-refractivity contribution in [2.75, 3.05) is 50.1 Å². The third-order valence-corrected chi connectivity index (χ3v) is 3.36. The van der Waals surface area contributed by atoms with Crippen molar-refractivity contribution in [1.82, 2.24) is 14.9 Å². The molecule has 0 saturated carbocycles. The molecule has 0 N–H and O–H groups in total. The van der Waals surface area contributed by atoms with Crippen molar-refractivity contribution in [1.29, 1.82) is 0 Å². The summed E-state index contributed by atoms with van der Waals surface area (Å²) >= 11 is 5.77. The molecule has 106 valence electrons. The molecule has 0 aromatic carbocycles. The number of hydrogen-bond donors (Lipinski definition) is 0. The van der Waals surface area contributed by atoms with Crippen LogP contribution in [0, 0.1) is 6.92 Å². The van der Waals surface area contributed by atoms with Crippen LogP contribution < -0.4 is 9.64 Å². The Labute approximate surface area is 119 Å². The van der Waals surface area contributed by atoms with E-state index in [0.717, 1.165) is 44.4 Å². The van der Waals surface area contributed by atoms with Gasteiger partial charge in [-0.05, 0) is 13.8 Å². The highest BCUT2D eigenvalue weighted by Gasteiger charge is 2.18. The summed E-state index contributed by atoms with van der Waals surface area (Å²) in [7, 11) is 0. The van der Waals surface area contributed by atoms with Crippen molar-refractivity contribution in [3.63, 3.8) is 0 Å². The second kappa shape index (κ2) is 6.91. The molecule has 5 nitrogen and oxygen atoms in total. The van der Waals surface area contributed by atoms with Gasteiger partial charge in [0.05, 0.1) is 6.61 Å². The Kier molecular flexibility index (Phi) is 5.22. The maximum absolute atomic E-state index is 5.77. The molecule has 19 heavy (non-hydrogen) atoms. The van der Waals surface area contributed by atoms with E-state index in [9.17, 15) is 0 Å². The van der Waals surface area contributed by atoms with Gasteiger partial charge in [-0.1, -0.05) is 0 Å². The molecule has 0 radical (unpaired) electrons. The highest BCUT2D eigenvalue weighted by molar-refractivity contribution is 6.18. The third-order valence-electron chi connectivity index (χ3n) is 3.19. The molecule has 2 rings (SSSR count). The van der Waals surface area contributed by atoms with Gasteiger partial charge in [0.15, 0.2) is 0 Å². The van der Waals surface area contributed by atoms with E-state index in [1.54, 1.807) is 0 Å². The van der Waals surface area contributed by atoms with Gasteiger partial charge in [0.1, 0.15) is 11.6 Å². The summed E-state index contributed by atoms with van der Waals surface area (Å²) in [5.74, 6) is 3.07. The number of anilines is 1. The van der Waals surface area contributed by atoms with Gasteiger partial charge in [-0.3, -0.25) is 4.90 Å². The number of rotatable bonds is 5. The molecule has 0 atom stereocenters. The van der Waals surface area contributed by atoms with E-state index < -0.39 is 0 Å². The molecule has 1 aromatic rings. The van der Waals surface area contributed by atoms with Crippen molar-refractivity contribution in [2.24, 2.45) is 0 Å². The predicted molar refractivity (Wildman–Crippen MR) is 77.3 cm³/mol. The maximum Gasteiger partial charge on any atom is 0.218 e. The monoisotopic (exact) mass is 284 g/mol. The van der Waals surface area contributed by atoms with Crippen molar-refractivity contribution in [3.8, 4) is 5.88 Å². The molecule has 0 amide bonds. The van der Waals surface area contributed by atoms with Gasteiger partial charge in [-0.2, -0.15) is 4.98 Å². The lowest BCUT2D eigenvalue weighted by Crippen LogP contribution is -2.47. The predicted octanol–water partition coefficient (Wildman–Crippen LogP) is 1.54. The molecule has 6 heteroatoms. The molecule has 0 bridgehead atoms.